The number of benzene rings is 2. The van der Waals surface area contributed by atoms with Crippen molar-refractivity contribution in [2.45, 2.75) is 13.8 Å². The largest absolute Gasteiger partial charge is 0.362 e. The summed E-state index contributed by atoms with van der Waals surface area (Å²) in [4.78, 5) is 4.32. The van der Waals surface area contributed by atoms with Gasteiger partial charge < -0.3 is 16.1 Å². The first-order valence-electron chi connectivity index (χ1n) is 7.97. The van der Waals surface area contributed by atoms with Gasteiger partial charge in [0, 0.05) is 17.3 Å². The number of halogens is 1. The molecule has 0 heterocycles. The van der Waals surface area contributed by atoms with Gasteiger partial charge >= 0.3 is 0 Å². The summed E-state index contributed by atoms with van der Waals surface area (Å²) in [5.41, 5.74) is 8.57. The van der Waals surface area contributed by atoms with Gasteiger partial charge in [-0.05, 0) is 66.7 Å². The maximum Gasteiger partial charge on any atom is 0.170 e. The van der Waals surface area contributed by atoms with E-state index < -0.39 is 0 Å². The Balaban J connectivity index is 1.77. The number of nitrogens with one attached hydrogen (secondary N) is 4. The highest BCUT2D eigenvalue weighted by atomic mass is 35.5. The first-order chi connectivity index (χ1) is 12.0. The van der Waals surface area contributed by atoms with Gasteiger partial charge in [0.2, 0.25) is 0 Å². The van der Waals surface area contributed by atoms with E-state index in [0.717, 1.165) is 23.6 Å². The minimum Gasteiger partial charge on any atom is -0.362 e. The van der Waals surface area contributed by atoms with E-state index in [-0.39, 0.29) is 0 Å². The zero-order valence-corrected chi connectivity index (χ0v) is 15.8. The fourth-order valence-corrected chi connectivity index (χ4v) is 2.19. The van der Waals surface area contributed by atoms with Crippen LogP contribution < -0.4 is 21.5 Å². The maximum absolute atomic E-state index is 5.84. The van der Waals surface area contributed by atoms with Gasteiger partial charge in [-0.25, -0.2) is 4.99 Å². The number of thiocarbonyl (C=S) groups is 1. The molecule has 0 radical (unpaired) electrons. The van der Waals surface area contributed by atoms with Gasteiger partial charge in [0.15, 0.2) is 5.11 Å². The molecule has 0 unspecified atom stereocenters. The van der Waals surface area contributed by atoms with Crippen LogP contribution >= 0.6 is 23.8 Å². The highest BCUT2D eigenvalue weighted by Crippen LogP contribution is 2.16. The average Bonchev–Trinajstić information content (AvgIpc) is 2.60. The van der Waals surface area contributed by atoms with Crippen LogP contribution in [0.25, 0.3) is 0 Å². The first-order valence-corrected chi connectivity index (χ1v) is 8.76. The Labute approximate surface area is 158 Å². The summed E-state index contributed by atoms with van der Waals surface area (Å²) >= 11 is 11.1. The van der Waals surface area contributed by atoms with Crippen LogP contribution in [0.2, 0.25) is 5.02 Å². The first kappa shape index (κ1) is 19.0. The highest BCUT2D eigenvalue weighted by molar-refractivity contribution is 7.80. The minimum atomic E-state index is 0.547. The van der Waals surface area contributed by atoms with Crippen molar-refractivity contribution < 1.29 is 0 Å². The molecule has 5 nitrogen and oxygen atoms in total. The molecule has 0 amide bonds. The van der Waals surface area contributed by atoms with E-state index in [1.165, 1.54) is 0 Å². The summed E-state index contributed by atoms with van der Waals surface area (Å²) in [7, 11) is 0. The van der Waals surface area contributed by atoms with Crippen LogP contribution in [0.15, 0.2) is 53.5 Å². The van der Waals surface area contributed by atoms with E-state index in [1.54, 1.807) is 6.34 Å². The standard InChI is InChI=1S/C18H22ClN5S/c1-13(2)11-20-18(25)23-16-9-7-15(8-10-16)21-12-22-24-17-5-3-14(19)4-6-17/h3-10,12-13,24H,11H2,1-2H3,(H,21,22)(H2,20,23,25). The zero-order valence-electron chi connectivity index (χ0n) is 14.2. The third-order valence-electron chi connectivity index (χ3n) is 3.13. The van der Waals surface area contributed by atoms with Crippen molar-refractivity contribution in [1.82, 2.24) is 10.7 Å². The van der Waals surface area contributed by atoms with Crippen molar-refractivity contribution in [2.24, 2.45) is 10.9 Å². The molecule has 0 atom stereocenters. The van der Waals surface area contributed by atoms with Crippen LogP contribution in [0.5, 0.6) is 0 Å². The molecule has 0 aliphatic heterocycles. The number of rotatable bonds is 7. The Kier molecular flexibility index (Phi) is 7.50. The molecule has 0 spiro atoms. The van der Waals surface area contributed by atoms with Crippen molar-refractivity contribution in [3.63, 3.8) is 0 Å². The Bertz CT molecular complexity index is 698. The third kappa shape index (κ3) is 7.41. The fourth-order valence-electron chi connectivity index (χ4n) is 1.86. The molecule has 2 aromatic carbocycles. The second-order valence-corrected chi connectivity index (χ2v) is 6.65. The summed E-state index contributed by atoms with van der Waals surface area (Å²) in [6.45, 7) is 5.12. The SMILES string of the molecule is CC(C)CNC(=S)Nc1ccc(N=CNNc2ccc(Cl)cc2)cc1. The van der Waals surface area contributed by atoms with Gasteiger partial charge in [0.25, 0.3) is 0 Å². The van der Waals surface area contributed by atoms with Crippen LogP contribution in [0.3, 0.4) is 0 Å². The summed E-state index contributed by atoms with van der Waals surface area (Å²) in [6, 6.07) is 15.1. The molecule has 0 fully saturated rings. The van der Waals surface area contributed by atoms with E-state index in [1.807, 2.05) is 48.5 Å². The molecule has 0 aliphatic rings. The van der Waals surface area contributed by atoms with Gasteiger partial charge in [-0.2, -0.15) is 0 Å². The lowest BCUT2D eigenvalue weighted by Gasteiger charge is -2.12. The maximum atomic E-state index is 5.84. The Morgan fingerprint density at radius 1 is 1.08 bits per heavy atom. The van der Waals surface area contributed by atoms with Gasteiger partial charge in [0.05, 0.1) is 11.4 Å². The summed E-state index contributed by atoms with van der Waals surface area (Å²) in [5.74, 6) is 0.547. The molecule has 25 heavy (non-hydrogen) atoms. The predicted octanol–water partition coefficient (Wildman–Crippen LogP) is 4.56. The molecular formula is C18H22ClN5S. The minimum absolute atomic E-state index is 0.547. The number of aliphatic imine (C=N–C) groups is 1. The molecular weight excluding hydrogens is 354 g/mol. The second kappa shape index (κ2) is 9.86. The van der Waals surface area contributed by atoms with Crippen molar-refractivity contribution in [1.29, 1.82) is 0 Å². The lowest BCUT2D eigenvalue weighted by atomic mass is 10.2. The lowest BCUT2D eigenvalue weighted by molar-refractivity contribution is 0.627. The number of hydrogen-bond donors (Lipinski definition) is 4. The topological polar surface area (TPSA) is 60.5 Å². The van der Waals surface area contributed by atoms with E-state index in [0.29, 0.717) is 16.1 Å². The number of hydrazine groups is 1. The molecule has 7 heteroatoms. The second-order valence-electron chi connectivity index (χ2n) is 5.81. The van der Waals surface area contributed by atoms with E-state index in [9.17, 15) is 0 Å². The van der Waals surface area contributed by atoms with Gasteiger partial charge in [-0.1, -0.05) is 25.4 Å². The van der Waals surface area contributed by atoms with Gasteiger partial charge in [-0.3, -0.25) is 5.43 Å². The summed E-state index contributed by atoms with van der Waals surface area (Å²) in [5, 5.41) is 7.64. The summed E-state index contributed by atoms with van der Waals surface area (Å²) < 4.78 is 0. The quantitative estimate of drug-likeness (QED) is 0.247. The van der Waals surface area contributed by atoms with Crippen LogP contribution in [0.1, 0.15) is 13.8 Å². The molecule has 0 aromatic heterocycles. The van der Waals surface area contributed by atoms with E-state index in [2.05, 4.69) is 40.3 Å². The molecule has 0 aliphatic carbocycles. The Hall–Kier alpha value is -2.31. The number of hydrogen-bond acceptors (Lipinski definition) is 3. The Morgan fingerprint density at radius 2 is 1.72 bits per heavy atom. The van der Waals surface area contributed by atoms with Crippen LogP contribution in [0, 0.1) is 5.92 Å². The molecule has 0 saturated carbocycles. The molecule has 0 bridgehead atoms. The normalized spacial score (nSPS) is 10.7. The number of nitrogens with zero attached hydrogens (tertiary/aromatic N) is 1. The average molecular weight is 376 g/mol. The fraction of sp³-hybridized carbons (Fsp3) is 0.222. The van der Waals surface area contributed by atoms with E-state index in [4.69, 9.17) is 23.8 Å². The van der Waals surface area contributed by atoms with Crippen molar-refractivity contribution in [2.75, 3.05) is 17.3 Å². The van der Waals surface area contributed by atoms with Gasteiger partial charge in [-0.15, -0.1) is 0 Å². The number of anilines is 2. The molecule has 2 rings (SSSR count). The smallest absolute Gasteiger partial charge is 0.170 e. The molecule has 0 saturated heterocycles. The molecule has 2 aromatic rings. The monoisotopic (exact) mass is 375 g/mol. The molecule has 4 N–H and O–H groups in total. The van der Waals surface area contributed by atoms with Crippen LogP contribution in [-0.2, 0) is 0 Å². The van der Waals surface area contributed by atoms with Crippen molar-refractivity contribution in [3.8, 4) is 0 Å². The predicted molar refractivity (Wildman–Crippen MR) is 112 cm³/mol. The third-order valence-corrected chi connectivity index (χ3v) is 3.63. The summed E-state index contributed by atoms with van der Waals surface area (Å²) in [6.07, 6.45) is 1.59. The highest BCUT2D eigenvalue weighted by Gasteiger charge is 1.99. The van der Waals surface area contributed by atoms with Gasteiger partial charge in [0.1, 0.15) is 6.34 Å². The van der Waals surface area contributed by atoms with E-state index >= 15 is 0 Å². The lowest BCUT2D eigenvalue weighted by Crippen LogP contribution is -2.31. The Morgan fingerprint density at radius 3 is 2.36 bits per heavy atom. The van der Waals surface area contributed by atoms with Crippen LogP contribution in [0.4, 0.5) is 17.1 Å². The zero-order chi connectivity index (χ0) is 18.1. The van der Waals surface area contributed by atoms with Crippen molar-refractivity contribution in [3.05, 3.63) is 53.6 Å². The van der Waals surface area contributed by atoms with Crippen LogP contribution in [-0.4, -0.2) is 18.0 Å². The van der Waals surface area contributed by atoms with Crippen molar-refractivity contribution >= 4 is 52.3 Å². The molecule has 132 valence electrons.